The summed E-state index contributed by atoms with van der Waals surface area (Å²) in [5.74, 6) is -0.906. The first kappa shape index (κ1) is 10.4. The topological polar surface area (TPSA) is 86.8 Å². The molecule has 5 heteroatoms. The van der Waals surface area contributed by atoms with Gasteiger partial charge in [0.25, 0.3) is 0 Å². The minimum absolute atomic E-state index is 0.0993. The number of nitrogens with two attached hydrogens (primary N) is 1. The van der Waals surface area contributed by atoms with Crippen molar-refractivity contribution in [3.8, 4) is 0 Å². The van der Waals surface area contributed by atoms with E-state index in [1.807, 2.05) is 0 Å². The molecule has 1 aliphatic heterocycles. The number of hydrogen-bond donors (Lipinski definition) is 3. The van der Waals surface area contributed by atoms with Crippen molar-refractivity contribution in [3.05, 3.63) is 0 Å². The lowest BCUT2D eigenvalue weighted by Gasteiger charge is -2.33. The van der Waals surface area contributed by atoms with Gasteiger partial charge in [-0.2, -0.15) is 0 Å². The quantitative estimate of drug-likeness (QED) is 0.521. The Labute approximate surface area is 77.1 Å². The van der Waals surface area contributed by atoms with Crippen molar-refractivity contribution in [2.45, 2.75) is 25.0 Å². The molecule has 0 saturated carbocycles. The Kier molecular flexibility index (Phi) is 3.65. The van der Waals surface area contributed by atoms with Crippen LogP contribution in [0, 0.1) is 0 Å². The van der Waals surface area contributed by atoms with Crippen LogP contribution >= 0.6 is 0 Å². The van der Waals surface area contributed by atoms with E-state index in [1.54, 1.807) is 4.90 Å². The smallest absolute Gasteiger partial charge is 0.322 e. The predicted molar refractivity (Wildman–Crippen MR) is 47.3 cm³/mol. The van der Waals surface area contributed by atoms with E-state index in [0.29, 0.717) is 13.1 Å². The van der Waals surface area contributed by atoms with Crippen LogP contribution in [0.15, 0.2) is 0 Å². The van der Waals surface area contributed by atoms with Gasteiger partial charge in [0, 0.05) is 13.1 Å². The number of hydrogen-bond acceptors (Lipinski definition) is 4. The molecule has 1 rings (SSSR count). The van der Waals surface area contributed by atoms with Crippen molar-refractivity contribution in [2.75, 3.05) is 19.6 Å². The number of carbonyl (C=O) groups is 1. The molecule has 0 spiro atoms. The SMILES string of the molecule is NCC(C(=O)O)N1CCCC(O)C1. The van der Waals surface area contributed by atoms with Crippen molar-refractivity contribution < 1.29 is 15.0 Å². The van der Waals surface area contributed by atoms with Gasteiger partial charge in [0.05, 0.1) is 6.10 Å². The molecule has 0 aromatic carbocycles. The highest BCUT2D eigenvalue weighted by atomic mass is 16.4. The van der Waals surface area contributed by atoms with Crippen LogP contribution in [0.5, 0.6) is 0 Å². The van der Waals surface area contributed by atoms with Gasteiger partial charge in [0.2, 0.25) is 0 Å². The number of aliphatic hydroxyl groups is 1. The lowest BCUT2D eigenvalue weighted by atomic mass is 10.1. The monoisotopic (exact) mass is 188 g/mol. The molecule has 1 aliphatic rings. The van der Waals surface area contributed by atoms with E-state index in [0.717, 1.165) is 12.8 Å². The van der Waals surface area contributed by atoms with E-state index >= 15 is 0 Å². The van der Waals surface area contributed by atoms with Gasteiger partial charge in [-0.1, -0.05) is 0 Å². The van der Waals surface area contributed by atoms with Crippen molar-refractivity contribution >= 4 is 5.97 Å². The Morgan fingerprint density at radius 1 is 1.69 bits per heavy atom. The van der Waals surface area contributed by atoms with Gasteiger partial charge >= 0.3 is 5.97 Å². The van der Waals surface area contributed by atoms with Crippen molar-refractivity contribution in [1.29, 1.82) is 0 Å². The first-order valence-corrected chi connectivity index (χ1v) is 4.50. The maximum atomic E-state index is 10.7. The van der Waals surface area contributed by atoms with Crippen molar-refractivity contribution in [3.63, 3.8) is 0 Å². The average molecular weight is 188 g/mol. The van der Waals surface area contributed by atoms with Crippen LogP contribution in [0.3, 0.4) is 0 Å². The molecule has 1 heterocycles. The fourth-order valence-electron chi connectivity index (χ4n) is 1.67. The molecule has 5 nitrogen and oxygen atoms in total. The first-order chi connectivity index (χ1) is 6.15. The van der Waals surface area contributed by atoms with Gasteiger partial charge in [-0.05, 0) is 19.4 Å². The molecule has 2 unspecified atom stereocenters. The maximum Gasteiger partial charge on any atom is 0.322 e. The summed E-state index contributed by atoms with van der Waals surface area (Å²) in [6, 6.07) is -0.644. The maximum absolute atomic E-state index is 10.7. The molecule has 1 saturated heterocycles. The van der Waals surface area contributed by atoms with E-state index in [-0.39, 0.29) is 6.54 Å². The summed E-state index contributed by atoms with van der Waals surface area (Å²) in [6.07, 6.45) is 1.19. The third-order valence-electron chi connectivity index (χ3n) is 2.38. The molecule has 1 fully saturated rings. The molecule has 4 N–H and O–H groups in total. The summed E-state index contributed by atoms with van der Waals surface area (Å²) in [5.41, 5.74) is 5.35. The van der Waals surface area contributed by atoms with Crippen LogP contribution in [-0.4, -0.2) is 52.9 Å². The number of aliphatic carboxylic acids is 1. The summed E-state index contributed by atoms with van der Waals surface area (Å²) >= 11 is 0. The highest BCUT2D eigenvalue weighted by Gasteiger charge is 2.28. The minimum Gasteiger partial charge on any atom is -0.480 e. The van der Waals surface area contributed by atoms with Gasteiger partial charge in [0.15, 0.2) is 0 Å². The fourth-order valence-corrected chi connectivity index (χ4v) is 1.67. The molecular formula is C8H16N2O3. The van der Waals surface area contributed by atoms with Crippen LogP contribution in [-0.2, 0) is 4.79 Å². The van der Waals surface area contributed by atoms with E-state index in [4.69, 9.17) is 10.8 Å². The zero-order valence-corrected chi connectivity index (χ0v) is 7.52. The lowest BCUT2D eigenvalue weighted by molar-refractivity contribution is -0.144. The number of carboxylic acids is 1. The van der Waals surface area contributed by atoms with E-state index in [9.17, 15) is 9.90 Å². The number of aliphatic hydroxyl groups excluding tert-OH is 1. The molecule has 0 amide bonds. The standard InChI is InChI=1S/C8H16N2O3/c9-4-7(8(12)13)10-3-1-2-6(11)5-10/h6-7,11H,1-5,9H2,(H,12,13). The molecule has 0 aromatic heterocycles. The summed E-state index contributed by atoms with van der Waals surface area (Å²) in [7, 11) is 0. The van der Waals surface area contributed by atoms with Gasteiger partial charge < -0.3 is 15.9 Å². The average Bonchev–Trinajstić information content (AvgIpc) is 2.04. The van der Waals surface area contributed by atoms with Gasteiger partial charge in [0.1, 0.15) is 6.04 Å². The molecule has 0 aromatic rings. The second-order valence-corrected chi connectivity index (χ2v) is 3.38. The summed E-state index contributed by atoms with van der Waals surface area (Å²) in [6.45, 7) is 1.24. The van der Waals surface area contributed by atoms with E-state index in [1.165, 1.54) is 0 Å². The molecule has 13 heavy (non-hydrogen) atoms. The third-order valence-corrected chi connectivity index (χ3v) is 2.38. The lowest BCUT2D eigenvalue weighted by Crippen LogP contribution is -2.51. The number of carboxylic acid groups (broad SMARTS) is 1. The number of rotatable bonds is 3. The molecular weight excluding hydrogens is 172 g/mol. The summed E-state index contributed by atoms with van der Waals surface area (Å²) < 4.78 is 0. The van der Waals surface area contributed by atoms with Crippen LogP contribution < -0.4 is 5.73 Å². The van der Waals surface area contributed by atoms with Crippen LogP contribution in [0.2, 0.25) is 0 Å². The largest absolute Gasteiger partial charge is 0.480 e. The Hall–Kier alpha value is -0.650. The molecule has 2 atom stereocenters. The second kappa shape index (κ2) is 4.55. The number of likely N-dealkylation sites (tertiary alicyclic amines) is 1. The summed E-state index contributed by atoms with van der Waals surface area (Å²) in [4.78, 5) is 12.5. The zero-order chi connectivity index (χ0) is 9.84. The predicted octanol–water partition coefficient (Wildman–Crippen LogP) is -1.14. The van der Waals surface area contributed by atoms with Crippen molar-refractivity contribution in [2.24, 2.45) is 5.73 Å². The third kappa shape index (κ3) is 2.65. The highest BCUT2D eigenvalue weighted by Crippen LogP contribution is 2.12. The first-order valence-electron chi connectivity index (χ1n) is 4.50. The molecule has 76 valence electrons. The normalized spacial score (nSPS) is 27.1. The van der Waals surface area contributed by atoms with Crippen LogP contribution in [0.4, 0.5) is 0 Å². The Bertz CT molecular complexity index is 186. The second-order valence-electron chi connectivity index (χ2n) is 3.38. The molecule has 0 radical (unpaired) electrons. The fraction of sp³-hybridized carbons (Fsp3) is 0.875. The van der Waals surface area contributed by atoms with E-state index in [2.05, 4.69) is 0 Å². The molecule has 0 aliphatic carbocycles. The molecule has 0 bridgehead atoms. The van der Waals surface area contributed by atoms with Gasteiger partial charge in [-0.15, -0.1) is 0 Å². The van der Waals surface area contributed by atoms with Crippen LogP contribution in [0.1, 0.15) is 12.8 Å². The van der Waals surface area contributed by atoms with Crippen LogP contribution in [0.25, 0.3) is 0 Å². The van der Waals surface area contributed by atoms with Gasteiger partial charge in [-0.25, -0.2) is 0 Å². The number of piperidine rings is 1. The Balaban J connectivity index is 2.52. The summed E-state index contributed by atoms with van der Waals surface area (Å²) in [5, 5.41) is 18.1. The van der Waals surface area contributed by atoms with Crippen molar-refractivity contribution in [1.82, 2.24) is 4.90 Å². The Morgan fingerprint density at radius 2 is 2.38 bits per heavy atom. The number of β-amino-alcohol motifs (C(OH)–C–C–N with tert-alkyl or cyclic N) is 1. The Morgan fingerprint density at radius 3 is 2.85 bits per heavy atom. The van der Waals surface area contributed by atoms with Gasteiger partial charge in [-0.3, -0.25) is 9.69 Å². The number of nitrogens with zero attached hydrogens (tertiary/aromatic N) is 1. The highest BCUT2D eigenvalue weighted by molar-refractivity contribution is 5.73. The zero-order valence-electron chi connectivity index (χ0n) is 7.52. The van der Waals surface area contributed by atoms with E-state index < -0.39 is 18.1 Å². The minimum atomic E-state index is -0.906.